The van der Waals surface area contributed by atoms with Crippen LogP contribution in [0.2, 0.25) is 0 Å². The van der Waals surface area contributed by atoms with Crippen LogP contribution in [0.15, 0.2) is 48.8 Å². The second-order valence-corrected chi connectivity index (χ2v) is 8.74. The van der Waals surface area contributed by atoms with Gasteiger partial charge in [0.15, 0.2) is 0 Å². The van der Waals surface area contributed by atoms with Gasteiger partial charge in [-0.1, -0.05) is 17.3 Å². The van der Waals surface area contributed by atoms with E-state index < -0.39 is 35.7 Å². The highest BCUT2D eigenvalue weighted by Crippen LogP contribution is 2.24. The molecule has 1 saturated heterocycles. The number of alkyl halides is 3. The van der Waals surface area contributed by atoms with E-state index in [0.29, 0.717) is 29.8 Å². The van der Waals surface area contributed by atoms with E-state index in [9.17, 15) is 32.3 Å². The number of hydrogen-bond acceptors (Lipinski definition) is 8. The van der Waals surface area contributed by atoms with Gasteiger partial charge in [0, 0.05) is 18.4 Å². The number of carbonyl (C=O) groups is 3. The minimum absolute atomic E-state index is 0.125. The first kappa shape index (κ1) is 30.1. The molecule has 3 heterocycles. The van der Waals surface area contributed by atoms with E-state index in [-0.39, 0.29) is 31.1 Å². The second-order valence-electron chi connectivity index (χ2n) is 8.74. The summed E-state index contributed by atoms with van der Waals surface area (Å²) < 4.78 is 51.5. The average Bonchev–Trinajstić information content (AvgIpc) is 3.53. The Morgan fingerprint density at radius 1 is 1.12 bits per heavy atom. The third-order valence-electron chi connectivity index (χ3n) is 5.66. The fourth-order valence-corrected chi connectivity index (χ4v) is 3.65. The molecule has 12 nitrogen and oxygen atoms in total. The number of carboxylic acids is 2. The zero-order valence-corrected chi connectivity index (χ0v) is 20.5. The lowest BCUT2D eigenvalue weighted by Crippen LogP contribution is -2.50. The van der Waals surface area contributed by atoms with Crippen molar-refractivity contribution in [2.75, 3.05) is 13.2 Å². The van der Waals surface area contributed by atoms with E-state index in [1.165, 1.54) is 41.2 Å². The zero-order valence-electron chi connectivity index (χ0n) is 20.5. The lowest BCUT2D eigenvalue weighted by Gasteiger charge is -2.26. The number of aliphatic carboxylic acids is 2. The van der Waals surface area contributed by atoms with Crippen molar-refractivity contribution in [1.29, 1.82) is 0 Å². The van der Waals surface area contributed by atoms with Crippen LogP contribution in [0.4, 0.5) is 17.6 Å². The number of pyridine rings is 1. The van der Waals surface area contributed by atoms with Crippen LogP contribution < -0.4 is 5.32 Å². The Morgan fingerprint density at radius 2 is 1.80 bits per heavy atom. The molecular weight excluding hydrogens is 546 g/mol. The Balaban J connectivity index is 0.000000559. The van der Waals surface area contributed by atoms with Gasteiger partial charge in [-0.25, -0.2) is 13.9 Å². The molecule has 0 radical (unpaired) electrons. The van der Waals surface area contributed by atoms with E-state index in [0.717, 1.165) is 0 Å². The Morgan fingerprint density at radius 3 is 2.33 bits per heavy atom. The molecular formula is C24H23F4N5O7. The second kappa shape index (κ2) is 12.6. The van der Waals surface area contributed by atoms with Gasteiger partial charge in [0.2, 0.25) is 0 Å². The summed E-state index contributed by atoms with van der Waals surface area (Å²) in [5.41, 5.74) is 0.844. The highest BCUT2D eigenvalue weighted by molar-refractivity contribution is 5.93. The molecule has 0 spiro atoms. The Hall–Kier alpha value is -4.44. The summed E-state index contributed by atoms with van der Waals surface area (Å²) >= 11 is 0. The first-order valence-electron chi connectivity index (χ1n) is 11.5. The predicted octanol–water partition coefficient (Wildman–Crippen LogP) is 2.21. The van der Waals surface area contributed by atoms with Gasteiger partial charge in [-0.3, -0.25) is 14.6 Å². The van der Waals surface area contributed by atoms with Crippen LogP contribution in [0.5, 0.6) is 0 Å². The van der Waals surface area contributed by atoms with Crippen molar-refractivity contribution in [1.82, 2.24) is 25.3 Å². The number of nitrogens with one attached hydrogen (secondary N) is 1. The molecule has 40 heavy (non-hydrogen) atoms. The van der Waals surface area contributed by atoms with Crippen LogP contribution in [0, 0.1) is 5.82 Å². The van der Waals surface area contributed by atoms with E-state index in [1.807, 2.05) is 0 Å². The van der Waals surface area contributed by atoms with Gasteiger partial charge in [0.1, 0.15) is 17.2 Å². The predicted molar refractivity (Wildman–Crippen MR) is 126 cm³/mol. The average molecular weight is 569 g/mol. The summed E-state index contributed by atoms with van der Waals surface area (Å²) in [6.45, 7) is 0.641. The number of aromatic nitrogens is 4. The molecule has 1 amide bonds. The number of benzene rings is 1. The van der Waals surface area contributed by atoms with Crippen molar-refractivity contribution in [3.05, 3.63) is 65.9 Å². The van der Waals surface area contributed by atoms with Crippen LogP contribution in [0.1, 0.15) is 35.0 Å². The number of aliphatic hydroxyl groups excluding tert-OH is 1. The highest BCUT2D eigenvalue weighted by atomic mass is 19.4. The Kier molecular flexibility index (Phi) is 9.49. The third kappa shape index (κ3) is 8.28. The minimum atomic E-state index is -5.08. The van der Waals surface area contributed by atoms with E-state index in [1.54, 1.807) is 12.3 Å². The molecule has 0 bridgehead atoms. The molecule has 1 aliphatic heterocycles. The van der Waals surface area contributed by atoms with Gasteiger partial charge in [0.05, 0.1) is 37.4 Å². The first-order valence-corrected chi connectivity index (χ1v) is 11.5. The number of rotatable bonds is 8. The minimum Gasteiger partial charge on any atom is -0.481 e. The van der Waals surface area contributed by atoms with E-state index >= 15 is 0 Å². The van der Waals surface area contributed by atoms with Crippen LogP contribution >= 0.6 is 0 Å². The largest absolute Gasteiger partial charge is 0.490 e. The number of carbonyl (C=O) groups excluding carboxylic acids is 1. The van der Waals surface area contributed by atoms with Crippen molar-refractivity contribution in [3.63, 3.8) is 0 Å². The summed E-state index contributed by atoms with van der Waals surface area (Å²) in [5.74, 6) is -4.64. The molecule has 1 aliphatic rings. The summed E-state index contributed by atoms with van der Waals surface area (Å²) in [6, 6.07) is 8.73. The summed E-state index contributed by atoms with van der Waals surface area (Å²) in [5, 5.41) is 37.4. The Bertz CT molecular complexity index is 1320. The zero-order chi connectivity index (χ0) is 29.5. The molecule has 4 rings (SSSR count). The molecule has 214 valence electrons. The smallest absolute Gasteiger partial charge is 0.481 e. The number of carboxylic acid groups (broad SMARTS) is 2. The maximum absolute atomic E-state index is 13.0. The van der Waals surface area contributed by atoms with Crippen molar-refractivity contribution >= 4 is 17.8 Å². The van der Waals surface area contributed by atoms with Crippen molar-refractivity contribution in [2.24, 2.45) is 0 Å². The topological polar surface area (TPSA) is 177 Å². The van der Waals surface area contributed by atoms with Crippen LogP contribution in [0.3, 0.4) is 0 Å². The molecule has 2 atom stereocenters. The van der Waals surface area contributed by atoms with Crippen molar-refractivity contribution in [2.45, 2.75) is 37.2 Å². The number of halogens is 4. The molecule has 0 saturated carbocycles. The maximum Gasteiger partial charge on any atom is 0.490 e. The Labute approximate surface area is 223 Å². The molecule has 3 aromatic rings. The van der Waals surface area contributed by atoms with Gasteiger partial charge < -0.3 is 25.4 Å². The number of ether oxygens (including phenoxy) is 1. The van der Waals surface area contributed by atoms with Crippen molar-refractivity contribution in [3.8, 4) is 11.3 Å². The molecule has 1 unspecified atom stereocenters. The molecule has 16 heteroatoms. The number of amides is 1. The monoisotopic (exact) mass is 569 g/mol. The lowest BCUT2D eigenvalue weighted by molar-refractivity contribution is -0.192. The number of nitrogens with zero attached hydrogens (tertiary/aromatic N) is 4. The fraction of sp³-hybridized carbons (Fsp3) is 0.333. The van der Waals surface area contributed by atoms with Crippen molar-refractivity contribution < 1.29 is 52.0 Å². The molecule has 0 aliphatic carbocycles. The first-order chi connectivity index (χ1) is 18.8. The molecule has 4 N–H and O–H groups in total. The SMILES string of the molecule is O=C(O)C(F)(F)F.O=C(O)CC1(NC(=O)c2ccc(-c3cn(C[C@H](O)c4ccc(F)cc4)nn3)cn2)CCOC1. The standard InChI is InChI=1S/C22H22FN5O5.C2HF3O2/c23-16-4-1-14(2-5-16)19(29)12-28-11-18(26-27-28)15-3-6-17(24-10-15)21(32)25-22(9-20(30)31)7-8-33-13-22;3-2(4,5)1(6)7/h1-6,10-11,19,29H,7-9,12-13H2,(H,25,32)(H,30,31);(H,6,7)/t19-,22?;/m0./s1. The number of aliphatic hydroxyl groups is 1. The maximum atomic E-state index is 13.0. The third-order valence-corrected chi connectivity index (χ3v) is 5.66. The van der Waals surface area contributed by atoms with E-state index in [2.05, 4.69) is 20.6 Å². The van der Waals surface area contributed by atoms with Crippen LogP contribution in [0.25, 0.3) is 11.3 Å². The van der Waals surface area contributed by atoms with Gasteiger partial charge in [0.25, 0.3) is 5.91 Å². The quantitative estimate of drug-likeness (QED) is 0.294. The fourth-order valence-electron chi connectivity index (χ4n) is 3.65. The van der Waals surface area contributed by atoms with Gasteiger partial charge >= 0.3 is 18.1 Å². The van der Waals surface area contributed by atoms with Crippen LogP contribution in [-0.2, 0) is 20.9 Å². The molecule has 1 aromatic carbocycles. The number of hydrogen-bond donors (Lipinski definition) is 4. The van der Waals surface area contributed by atoms with Crippen LogP contribution in [-0.4, -0.2) is 78.1 Å². The van der Waals surface area contributed by atoms with Gasteiger partial charge in [-0.15, -0.1) is 5.10 Å². The summed E-state index contributed by atoms with van der Waals surface area (Å²) in [6.07, 6.45) is -2.70. The van der Waals surface area contributed by atoms with Gasteiger partial charge in [-0.2, -0.15) is 13.2 Å². The van der Waals surface area contributed by atoms with E-state index in [4.69, 9.17) is 19.7 Å². The lowest BCUT2D eigenvalue weighted by atomic mass is 9.94. The summed E-state index contributed by atoms with van der Waals surface area (Å²) in [7, 11) is 0. The normalized spacial score (nSPS) is 17.4. The molecule has 2 aromatic heterocycles. The van der Waals surface area contributed by atoms with Gasteiger partial charge in [-0.05, 0) is 36.2 Å². The molecule has 1 fully saturated rings. The highest BCUT2D eigenvalue weighted by Gasteiger charge is 2.39. The summed E-state index contributed by atoms with van der Waals surface area (Å²) in [4.78, 5) is 36.9.